The first-order valence-electron chi connectivity index (χ1n) is 8.89. The summed E-state index contributed by atoms with van der Waals surface area (Å²) in [6.07, 6.45) is 4.18. The maximum absolute atomic E-state index is 12.4. The summed E-state index contributed by atoms with van der Waals surface area (Å²) in [6.45, 7) is 0.319. The van der Waals surface area contributed by atoms with Crippen LogP contribution in [0.15, 0.2) is 29.6 Å². The molecule has 3 N–H and O–H groups in total. The number of thiazole rings is 1. The van der Waals surface area contributed by atoms with E-state index in [-0.39, 0.29) is 12.3 Å². The van der Waals surface area contributed by atoms with E-state index in [4.69, 9.17) is 22.1 Å². The van der Waals surface area contributed by atoms with E-state index in [0.717, 1.165) is 24.3 Å². The summed E-state index contributed by atoms with van der Waals surface area (Å²) in [7, 11) is 0. The van der Waals surface area contributed by atoms with Gasteiger partial charge in [-0.15, -0.1) is 11.3 Å². The Hall–Kier alpha value is -2.12. The zero-order chi connectivity index (χ0) is 19.3. The van der Waals surface area contributed by atoms with Crippen LogP contribution in [0, 0.1) is 0 Å². The zero-order valence-electron chi connectivity index (χ0n) is 14.9. The molecule has 1 aromatic heterocycles. The zero-order valence-corrected chi connectivity index (χ0v) is 16.4. The van der Waals surface area contributed by atoms with Crippen molar-refractivity contribution in [1.29, 1.82) is 0 Å². The molecule has 0 saturated heterocycles. The number of nitrogens with one attached hydrogen (secondary N) is 1. The minimum absolute atomic E-state index is 0.118. The number of rotatable bonds is 7. The van der Waals surface area contributed by atoms with E-state index in [1.165, 1.54) is 11.3 Å². The quantitative estimate of drug-likeness (QED) is 0.736. The number of primary amides is 1. The summed E-state index contributed by atoms with van der Waals surface area (Å²) in [5.74, 6) is 0.0200. The molecule has 0 radical (unpaired) electrons. The van der Waals surface area contributed by atoms with Crippen LogP contribution in [0.5, 0.6) is 5.75 Å². The number of carbonyl (C=O) groups is 2. The minimum Gasteiger partial charge on any atom is -0.486 e. The van der Waals surface area contributed by atoms with Crippen molar-refractivity contribution in [3.8, 4) is 5.75 Å². The van der Waals surface area contributed by atoms with E-state index >= 15 is 0 Å². The molecule has 2 aromatic rings. The summed E-state index contributed by atoms with van der Waals surface area (Å²) in [5, 5.41) is 6.11. The fourth-order valence-electron chi connectivity index (χ4n) is 3.24. The van der Waals surface area contributed by atoms with Crippen molar-refractivity contribution in [2.24, 2.45) is 5.73 Å². The second kappa shape index (κ2) is 8.71. The van der Waals surface area contributed by atoms with Gasteiger partial charge in [-0.2, -0.15) is 0 Å². The van der Waals surface area contributed by atoms with Crippen LogP contribution in [-0.4, -0.2) is 22.3 Å². The fourth-order valence-corrected chi connectivity index (χ4v) is 4.07. The molecule has 0 atom stereocenters. The number of benzene rings is 1. The lowest BCUT2D eigenvalue weighted by Crippen LogP contribution is -2.58. The third-order valence-electron chi connectivity index (χ3n) is 4.67. The molecule has 2 amide bonds. The van der Waals surface area contributed by atoms with Crippen LogP contribution < -0.4 is 15.8 Å². The van der Waals surface area contributed by atoms with Crippen LogP contribution in [0.1, 0.15) is 42.8 Å². The average molecular weight is 408 g/mol. The Balaban J connectivity index is 1.54. The molecule has 0 bridgehead atoms. The van der Waals surface area contributed by atoms with Crippen LogP contribution in [0.2, 0.25) is 5.02 Å². The molecule has 3 rings (SSSR count). The number of ether oxygens (including phenoxy) is 1. The van der Waals surface area contributed by atoms with Gasteiger partial charge in [-0.3, -0.25) is 9.59 Å². The second-order valence-electron chi connectivity index (χ2n) is 6.71. The van der Waals surface area contributed by atoms with Crippen molar-refractivity contribution in [2.45, 2.75) is 50.7 Å². The Morgan fingerprint density at radius 2 is 1.93 bits per heavy atom. The van der Waals surface area contributed by atoms with Crippen LogP contribution in [0.3, 0.4) is 0 Å². The van der Waals surface area contributed by atoms with Gasteiger partial charge in [-0.25, -0.2) is 4.98 Å². The number of hydrogen-bond acceptors (Lipinski definition) is 5. The summed E-state index contributed by atoms with van der Waals surface area (Å²) in [6, 6.07) is 7.10. The third-order valence-corrected chi connectivity index (χ3v) is 5.80. The van der Waals surface area contributed by atoms with Gasteiger partial charge in [-0.1, -0.05) is 30.9 Å². The highest BCUT2D eigenvalue weighted by Crippen LogP contribution is 2.28. The van der Waals surface area contributed by atoms with E-state index in [1.54, 1.807) is 24.3 Å². The number of aromatic nitrogens is 1. The number of hydrogen-bond donors (Lipinski definition) is 2. The Kier molecular flexibility index (Phi) is 6.34. The van der Waals surface area contributed by atoms with Crippen molar-refractivity contribution in [3.05, 3.63) is 45.4 Å². The SMILES string of the molecule is NC(=O)C1(NC(=O)Cc2csc(COc3ccc(Cl)cc3)n2)CCCCC1. The van der Waals surface area contributed by atoms with Crippen molar-refractivity contribution < 1.29 is 14.3 Å². The number of amides is 2. The highest BCUT2D eigenvalue weighted by atomic mass is 35.5. The third kappa shape index (κ3) is 5.20. The Morgan fingerprint density at radius 1 is 1.22 bits per heavy atom. The van der Waals surface area contributed by atoms with Gasteiger partial charge < -0.3 is 15.8 Å². The molecular formula is C19H22ClN3O3S. The predicted octanol–water partition coefficient (Wildman–Crippen LogP) is 3.22. The maximum atomic E-state index is 12.4. The highest BCUT2D eigenvalue weighted by Gasteiger charge is 2.39. The van der Waals surface area contributed by atoms with Crippen LogP contribution in [0.25, 0.3) is 0 Å². The molecule has 1 aliphatic carbocycles. The maximum Gasteiger partial charge on any atom is 0.243 e. The largest absolute Gasteiger partial charge is 0.486 e. The standard InChI is InChI=1S/C19H22ClN3O3S/c20-13-4-6-15(7-5-13)26-11-17-22-14(12-27-17)10-16(24)23-19(18(21)25)8-2-1-3-9-19/h4-7,12H,1-3,8-11H2,(H2,21,25)(H,23,24). The van der Waals surface area contributed by atoms with E-state index < -0.39 is 11.4 Å². The average Bonchev–Trinajstić information content (AvgIpc) is 3.09. The molecule has 1 aromatic carbocycles. The predicted molar refractivity (Wildman–Crippen MR) is 105 cm³/mol. The Morgan fingerprint density at radius 3 is 2.59 bits per heavy atom. The van der Waals surface area contributed by atoms with Gasteiger partial charge in [0, 0.05) is 10.4 Å². The van der Waals surface area contributed by atoms with Gasteiger partial charge in [0.1, 0.15) is 22.9 Å². The summed E-state index contributed by atoms with van der Waals surface area (Å²) < 4.78 is 5.66. The lowest BCUT2D eigenvalue weighted by Gasteiger charge is -2.35. The smallest absolute Gasteiger partial charge is 0.243 e. The van der Waals surface area contributed by atoms with Gasteiger partial charge in [0.15, 0.2) is 0 Å². The second-order valence-corrected chi connectivity index (χ2v) is 8.09. The molecule has 1 fully saturated rings. The van der Waals surface area contributed by atoms with Crippen LogP contribution >= 0.6 is 22.9 Å². The molecule has 6 nitrogen and oxygen atoms in total. The first kappa shape index (κ1) is 19.6. The van der Waals surface area contributed by atoms with E-state index in [0.29, 0.717) is 35.9 Å². The Bertz CT molecular complexity index is 801. The first-order chi connectivity index (χ1) is 13.0. The van der Waals surface area contributed by atoms with Crippen molar-refractivity contribution in [1.82, 2.24) is 10.3 Å². The van der Waals surface area contributed by atoms with Crippen molar-refractivity contribution >= 4 is 34.8 Å². The van der Waals surface area contributed by atoms with Crippen LogP contribution in [-0.2, 0) is 22.6 Å². The molecule has 1 saturated carbocycles. The van der Waals surface area contributed by atoms with Crippen molar-refractivity contribution in [2.75, 3.05) is 0 Å². The molecule has 0 spiro atoms. The number of halogens is 1. The van der Waals surface area contributed by atoms with Crippen LogP contribution in [0.4, 0.5) is 0 Å². The summed E-state index contributed by atoms with van der Waals surface area (Å²) in [4.78, 5) is 28.7. The molecule has 27 heavy (non-hydrogen) atoms. The first-order valence-corrected chi connectivity index (χ1v) is 10.2. The number of nitrogens with zero attached hydrogens (tertiary/aromatic N) is 1. The minimum atomic E-state index is -0.911. The Labute approximate surface area is 167 Å². The van der Waals surface area contributed by atoms with Gasteiger partial charge >= 0.3 is 0 Å². The number of carbonyl (C=O) groups excluding carboxylic acids is 2. The van der Waals surface area contributed by atoms with Gasteiger partial charge in [0.2, 0.25) is 11.8 Å². The summed E-state index contributed by atoms with van der Waals surface area (Å²) in [5.41, 5.74) is 5.30. The van der Waals surface area contributed by atoms with E-state index in [1.807, 2.05) is 5.38 Å². The molecular weight excluding hydrogens is 386 g/mol. The molecule has 8 heteroatoms. The van der Waals surface area contributed by atoms with Crippen molar-refractivity contribution in [3.63, 3.8) is 0 Å². The lowest BCUT2D eigenvalue weighted by atomic mass is 9.81. The topological polar surface area (TPSA) is 94.3 Å². The molecule has 1 heterocycles. The summed E-state index contributed by atoms with van der Waals surface area (Å²) >= 11 is 7.28. The molecule has 0 unspecified atom stereocenters. The van der Waals surface area contributed by atoms with Gasteiger partial charge in [-0.05, 0) is 37.1 Å². The fraction of sp³-hybridized carbons (Fsp3) is 0.421. The lowest BCUT2D eigenvalue weighted by molar-refractivity contribution is -0.132. The number of nitrogens with two attached hydrogens (primary N) is 1. The molecule has 0 aliphatic heterocycles. The highest BCUT2D eigenvalue weighted by molar-refractivity contribution is 7.09. The van der Waals surface area contributed by atoms with Gasteiger partial charge in [0.05, 0.1) is 12.1 Å². The van der Waals surface area contributed by atoms with E-state index in [9.17, 15) is 9.59 Å². The van der Waals surface area contributed by atoms with Gasteiger partial charge in [0.25, 0.3) is 0 Å². The molecule has 1 aliphatic rings. The monoisotopic (exact) mass is 407 g/mol. The molecule has 144 valence electrons. The van der Waals surface area contributed by atoms with E-state index in [2.05, 4.69) is 10.3 Å². The normalized spacial score (nSPS) is 15.9.